The number of carbonyl (C=O) groups is 1. The number of β-amino-alcohol motifs (C(OH)–C–C–N with tert-alkyl or cyclic N) is 1. The largest absolute Gasteiger partial charge is 0.392 e. The van der Waals surface area contributed by atoms with Crippen molar-refractivity contribution >= 4 is 5.78 Å². The number of carbonyl (C=O) groups excluding carboxylic acids is 1. The number of hydrogen-bond donors (Lipinski definition) is 1. The average Bonchev–Trinajstić information content (AvgIpc) is 2.23. The quantitative estimate of drug-likeness (QED) is 0.708. The van der Waals surface area contributed by atoms with Crippen LogP contribution >= 0.6 is 0 Å². The molecule has 0 amide bonds. The van der Waals surface area contributed by atoms with Crippen molar-refractivity contribution in [3.05, 3.63) is 0 Å². The Hall–Kier alpha value is -0.410. The molecule has 2 unspecified atom stereocenters. The maximum atomic E-state index is 11.1. The minimum Gasteiger partial charge on any atom is -0.392 e. The highest BCUT2D eigenvalue weighted by atomic mass is 16.3. The van der Waals surface area contributed by atoms with E-state index in [1.54, 1.807) is 0 Å². The van der Waals surface area contributed by atoms with Crippen molar-refractivity contribution in [3.63, 3.8) is 0 Å². The third-order valence-electron chi connectivity index (χ3n) is 3.98. The standard InChI is InChI=1S/C12H21NO2/c1-9-6-7-13(8-12(9)15)10-2-4-11(14)5-3-10/h9-10,12,15H,2-8H2,1H3. The van der Waals surface area contributed by atoms with E-state index in [-0.39, 0.29) is 6.10 Å². The minimum atomic E-state index is -0.170. The van der Waals surface area contributed by atoms with E-state index in [9.17, 15) is 9.90 Å². The maximum absolute atomic E-state index is 11.1. The smallest absolute Gasteiger partial charge is 0.133 e. The third kappa shape index (κ3) is 2.58. The molecule has 2 rings (SSSR count). The first-order chi connectivity index (χ1) is 7.16. The number of piperidine rings is 1. The zero-order valence-electron chi connectivity index (χ0n) is 9.48. The molecule has 1 N–H and O–H groups in total. The molecule has 15 heavy (non-hydrogen) atoms. The van der Waals surface area contributed by atoms with Crippen molar-refractivity contribution in [3.8, 4) is 0 Å². The molecule has 2 fully saturated rings. The highest BCUT2D eigenvalue weighted by molar-refractivity contribution is 5.79. The summed E-state index contributed by atoms with van der Waals surface area (Å²) in [7, 11) is 0. The van der Waals surface area contributed by atoms with Crippen LogP contribution in [0.3, 0.4) is 0 Å². The van der Waals surface area contributed by atoms with E-state index >= 15 is 0 Å². The molecule has 0 spiro atoms. The van der Waals surface area contributed by atoms with Crippen LogP contribution in [0.25, 0.3) is 0 Å². The van der Waals surface area contributed by atoms with Crippen LogP contribution in [0.15, 0.2) is 0 Å². The fourth-order valence-electron chi connectivity index (χ4n) is 2.69. The molecule has 0 aromatic carbocycles. The first-order valence-corrected chi connectivity index (χ1v) is 6.10. The van der Waals surface area contributed by atoms with E-state index in [1.807, 2.05) is 0 Å². The number of aliphatic hydroxyl groups excluding tert-OH is 1. The van der Waals surface area contributed by atoms with Gasteiger partial charge in [0.1, 0.15) is 5.78 Å². The fraction of sp³-hybridized carbons (Fsp3) is 0.917. The van der Waals surface area contributed by atoms with Gasteiger partial charge in [-0.15, -0.1) is 0 Å². The van der Waals surface area contributed by atoms with Gasteiger partial charge in [0.2, 0.25) is 0 Å². The first-order valence-electron chi connectivity index (χ1n) is 6.10. The summed E-state index contributed by atoms with van der Waals surface area (Å²) in [6, 6.07) is 0.546. The molecule has 1 saturated carbocycles. The lowest BCUT2D eigenvalue weighted by Gasteiger charge is -2.40. The van der Waals surface area contributed by atoms with Crippen LogP contribution in [0.4, 0.5) is 0 Å². The van der Waals surface area contributed by atoms with Gasteiger partial charge < -0.3 is 5.11 Å². The lowest BCUT2D eigenvalue weighted by atomic mass is 9.89. The molecule has 2 atom stereocenters. The predicted molar refractivity (Wildman–Crippen MR) is 58.6 cm³/mol. The van der Waals surface area contributed by atoms with Crippen molar-refractivity contribution in [2.45, 2.75) is 51.2 Å². The Labute approximate surface area is 91.5 Å². The van der Waals surface area contributed by atoms with Crippen LogP contribution in [-0.2, 0) is 4.79 Å². The lowest BCUT2D eigenvalue weighted by Crippen LogP contribution is -2.48. The summed E-state index contributed by atoms with van der Waals surface area (Å²) in [4.78, 5) is 13.5. The average molecular weight is 211 g/mol. The summed E-state index contributed by atoms with van der Waals surface area (Å²) in [6.07, 6.45) is 4.40. The van der Waals surface area contributed by atoms with Gasteiger partial charge in [0.15, 0.2) is 0 Å². The molecule has 0 radical (unpaired) electrons. The molecule has 1 aliphatic carbocycles. The Morgan fingerprint density at radius 3 is 2.53 bits per heavy atom. The second-order valence-corrected chi connectivity index (χ2v) is 5.10. The normalized spacial score (nSPS) is 35.7. The van der Waals surface area contributed by atoms with E-state index < -0.39 is 0 Å². The lowest BCUT2D eigenvalue weighted by molar-refractivity contribution is -0.121. The van der Waals surface area contributed by atoms with Crippen LogP contribution < -0.4 is 0 Å². The number of hydrogen-bond acceptors (Lipinski definition) is 3. The van der Waals surface area contributed by atoms with Crippen LogP contribution in [0.5, 0.6) is 0 Å². The topological polar surface area (TPSA) is 40.5 Å². The molecule has 3 heteroatoms. The molecule has 86 valence electrons. The van der Waals surface area contributed by atoms with E-state index in [0.717, 1.165) is 45.2 Å². The van der Waals surface area contributed by atoms with Crippen molar-refractivity contribution in [2.75, 3.05) is 13.1 Å². The maximum Gasteiger partial charge on any atom is 0.133 e. The van der Waals surface area contributed by atoms with E-state index in [4.69, 9.17) is 0 Å². The van der Waals surface area contributed by atoms with E-state index in [0.29, 0.717) is 17.7 Å². The summed E-state index contributed by atoms with van der Waals surface area (Å²) in [6.45, 7) is 4.02. The number of Topliss-reactive ketones (excluding diaryl/α,β-unsaturated/α-hetero) is 1. The summed E-state index contributed by atoms with van der Waals surface area (Å²) in [5, 5.41) is 9.82. The predicted octanol–water partition coefficient (Wildman–Crippen LogP) is 1.20. The Kier molecular flexibility index (Phi) is 3.42. The molecule has 0 aromatic heterocycles. The van der Waals surface area contributed by atoms with Gasteiger partial charge >= 0.3 is 0 Å². The van der Waals surface area contributed by atoms with Crippen molar-refractivity contribution in [1.82, 2.24) is 4.90 Å². The Morgan fingerprint density at radius 2 is 1.93 bits per heavy atom. The molecule has 1 heterocycles. The first kappa shape index (κ1) is 11.1. The van der Waals surface area contributed by atoms with E-state index in [2.05, 4.69) is 11.8 Å². The molecule has 2 aliphatic rings. The number of likely N-dealkylation sites (tertiary alicyclic amines) is 1. The van der Waals surface area contributed by atoms with Gasteiger partial charge in [-0.3, -0.25) is 9.69 Å². The molecule has 1 aliphatic heterocycles. The highest BCUT2D eigenvalue weighted by Gasteiger charge is 2.30. The molecular formula is C12H21NO2. The number of ketones is 1. The molecule has 3 nitrogen and oxygen atoms in total. The van der Waals surface area contributed by atoms with Crippen LogP contribution in [0, 0.1) is 5.92 Å². The van der Waals surface area contributed by atoms with E-state index in [1.165, 1.54) is 0 Å². The van der Waals surface area contributed by atoms with Gasteiger partial charge in [-0.2, -0.15) is 0 Å². The zero-order valence-corrected chi connectivity index (χ0v) is 9.48. The van der Waals surface area contributed by atoms with Crippen molar-refractivity contribution in [1.29, 1.82) is 0 Å². The molecule has 0 bridgehead atoms. The van der Waals surface area contributed by atoms with Crippen LogP contribution in [0.1, 0.15) is 39.0 Å². The minimum absolute atomic E-state index is 0.170. The van der Waals surface area contributed by atoms with Crippen molar-refractivity contribution < 1.29 is 9.90 Å². The summed E-state index contributed by atoms with van der Waals surface area (Å²) < 4.78 is 0. The molecule has 0 aromatic rings. The van der Waals surface area contributed by atoms with Gasteiger partial charge in [0.25, 0.3) is 0 Å². The molecule has 1 saturated heterocycles. The number of aliphatic hydroxyl groups is 1. The van der Waals surface area contributed by atoms with Gasteiger partial charge in [-0.05, 0) is 31.7 Å². The summed E-state index contributed by atoms with van der Waals surface area (Å²) in [5.74, 6) is 0.851. The Morgan fingerprint density at radius 1 is 1.27 bits per heavy atom. The Balaban J connectivity index is 1.86. The molecular weight excluding hydrogens is 190 g/mol. The third-order valence-corrected chi connectivity index (χ3v) is 3.98. The summed E-state index contributed by atoms with van der Waals surface area (Å²) >= 11 is 0. The SMILES string of the molecule is CC1CCN(C2CCC(=O)CC2)CC1O. The monoisotopic (exact) mass is 211 g/mol. The van der Waals surface area contributed by atoms with Crippen LogP contribution in [-0.4, -0.2) is 41.0 Å². The fourth-order valence-corrected chi connectivity index (χ4v) is 2.69. The van der Waals surface area contributed by atoms with Gasteiger partial charge in [0, 0.05) is 25.4 Å². The second kappa shape index (κ2) is 4.62. The zero-order chi connectivity index (χ0) is 10.8. The van der Waals surface area contributed by atoms with Gasteiger partial charge in [-0.25, -0.2) is 0 Å². The second-order valence-electron chi connectivity index (χ2n) is 5.10. The van der Waals surface area contributed by atoms with Gasteiger partial charge in [0.05, 0.1) is 6.10 Å². The highest BCUT2D eigenvalue weighted by Crippen LogP contribution is 2.25. The summed E-state index contributed by atoms with van der Waals surface area (Å²) in [5.41, 5.74) is 0. The van der Waals surface area contributed by atoms with Gasteiger partial charge in [-0.1, -0.05) is 6.92 Å². The van der Waals surface area contributed by atoms with Crippen molar-refractivity contribution in [2.24, 2.45) is 5.92 Å². The Bertz CT molecular complexity index is 232. The number of nitrogens with zero attached hydrogens (tertiary/aromatic N) is 1. The van der Waals surface area contributed by atoms with Crippen LogP contribution in [0.2, 0.25) is 0 Å². The number of rotatable bonds is 1.